The fourth-order valence-electron chi connectivity index (χ4n) is 2.81. The number of hydrogen-bond donors (Lipinski definition) is 2. The van der Waals surface area contributed by atoms with E-state index in [0.717, 1.165) is 31.7 Å². The summed E-state index contributed by atoms with van der Waals surface area (Å²) in [6.45, 7) is 5.69. The largest absolute Gasteiger partial charge is 0.384 e. The molecule has 21 heavy (non-hydrogen) atoms. The molecule has 2 aliphatic heterocycles. The van der Waals surface area contributed by atoms with Gasteiger partial charge in [0.05, 0.1) is 18.9 Å². The smallest absolute Gasteiger partial charge is 0.148 e. The molecule has 1 atom stereocenters. The summed E-state index contributed by atoms with van der Waals surface area (Å²) in [7, 11) is 0. The lowest BCUT2D eigenvalue weighted by Gasteiger charge is -2.29. The SMILES string of the molecule is CC1=CCC(CNc2ccc(N3CCOCC3)c(F)c2)N1. The van der Waals surface area contributed by atoms with Crippen molar-refractivity contribution >= 4 is 11.4 Å². The maximum atomic E-state index is 14.2. The quantitative estimate of drug-likeness (QED) is 0.893. The van der Waals surface area contributed by atoms with Gasteiger partial charge >= 0.3 is 0 Å². The van der Waals surface area contributed by atoms with Gasteiger partial charge < -0.3 is 20.3 Å². The molecule has 1 aromatic rings. The minimum atomic E-state index is -0.171. The number of allylic oxidation sites excluding steroid dienone is 1. The summed E-state index contributed by atoms with van der Waals surface area (Å²) < 4.78 is 19.5. The van der Waals surface area contributed by atoms with E-state index in [2.05, 4.69) is 23.6 Å². The van der Waals surface area contributed by atoms with Crippen molar-refractivity contribution in [2.45, 2.75) is 19.4 Å². The Morgan fingerprint density at radius 3 is 2.86 bits per heavy atom. The zero-order valence-electron chi connectivity index (χ0n) is 12.4. The van der Waals surface area contributed by atoms with Crippen molar-refractivity contribution in [3.05, 3.63) is 35.8 Å². The predicted octanol–water partition coefficient (Wildman–Crippen LogP) is 2.34. The van der Waals surface area contributed by atoms with Crippen LogP contribution in [0.3, 0.4) is 0 Å². The molecule has 0 amide bonds. The number of nitrogens with zero attached hydrogens (tertiary/aromatic N) is 1. The molecule has 4 nitrogen and oxygen atoms in total. The Hall–Kier alpha value is -1.75. The highest BCUT2D eigenvalue weighted by Crippen LogP contribution is 2.24. The molecular weight excluding hydrogens is 269 g/mol. The lowest BCUT2D eigenvalue weighted by atomic mass is 10.2. The van der Waals surface area contributed by atoms with Gasteiger partial charge in [-0.2, -0.15) is 0 Å². The van der Waals surface area contributed by atoms with Crippen LogP contribution in [0.5, 0.6) is 0 Å². The predicted molar refractivity (Wildman–Crippen MR) is 83.2 cm³/mol. The lowest BCUT2D eigenvalue weighted by Crippen LogP contribution is -2.36. The average Bonchev–Trinajstić information content (AvgIpc) is 2.92. The van der Waals surface area contributed by atoms with Crippen molar-refractivity contribution in [1.29, 1.82) is 0 Å². The molecule has 0 aromatic heterocycles. The van der Waals surface area contributed by atoms with E-state index in [4.69, 9.17) is 4.74 Å². The summed E-state index contributed by atoms with van der Waals surface area (Å²) in [6.07, 6.45) is 3.21. The highest BCUT2D eigenvalue weighted by atomic mass is 19.1. The third-order valence-corrected chi connectivity index (χ3v) is 3.99. The van der Waals surface area contributed by atoms with Gasteiger partial charge in [-0.15, -0.1) is 0 Å². The molecule has 0 bridgehead atoms. The van der Waals surface area contributed by atoms with E-state index in [-0.39, 0.29) is 5.82 Å². The van der Waals surface area contributed by atoms with Crippen molar-refractivity contribution in [3.63, 3.8) is 0 Å². The zero-order chi connectivity index (χ0) is 14.7. The maximum Gasteiger partial charge on any atom is 0.148 e. The van der Waals surface area contributed by atoms with Crippen LogP contribution < -0.4 is 15.5 Å². The maximum absolute atomic E-state index is 14.2. The summed E-state index contributed by atoms with van der Waals surface area (Å²) in [5.41, 5.74) is 2.71. The Bertz CT molecular complexity index is 526. The van der Waals surface area contributed by atoms with Gasteiger partial charge in [0.15, 0.2) is 0 Å². The van der Waals surface area contributed by atoms with E-state index in [9.17, 15) is 4.39 Å². The molecule has 1 unspecified atom stereocenters. The van der Waals surface area contributed by atoms with E-state index in [1.54, 1.807) is 6.07 Å². The van der Waals surface area contributed by atoms with Crippen LogP contribution >= 0.6 is 0 Å². The van der Waals surface area contributed by atoms with Crippen LogP contribution in [0.1, 0.15) is 13.3 Å². The van der Waals surface area contributed by atoms with Gasteiger partial charge in [-0.05, 0) is 31.5 Å². The fourth-order valence-corrected chi connectivity index (χ4v) is 2.81. The number of morpholine rings is 1. The number of benzene rings is 1. The number of ether oxygens (including phenoxy) is 1. The van der Waals surface area contributed by atoms with Gasteiger partial charge in [-0.25, -0.2) is 4.39 Å². The van der Waals surface area contributed by atoms with Gasteiger partial charge in [-0.3, -0.25) is 0 Å². The molecule has 5 heteroatoms. The van der Waals surface area contributed by atoms with Gasteiger partial charge in [0.2, 0.25) is 0 Å². The molecule has 114 valence electrons. The molecule has 1 fully saturated rings. The van der Waals surface area contributed by atoms with Crippen LogP contribution in [-0.4, -0.2) is 38.9 Å². The van der Waals surface area contributed by atoms with Crippen LogP contribution in [0, 0.1) is 5.82 Å². The molecule has 0 spiro atoms. The lowest BCUT2D eigenvalue weighted by molar-refractivity contribution is 0.122. The first-order chi connectivity index (χ1) is 10.2. The Morgan fingerprint density at radius 2 is 2.19 bits per heavy atom. The minimum Gasteiger partial charge on any atom is -0.384 e. The third kappa shape index (κ3) is 3.47. The normalized spacial score (nSPS) is 21.9. The monoisotopic (exact) mass is 291 g/mol. The Kier molecular flexibility index (Phi) is 4.29. The molecule has 2 aliphatic rings. The van der Waals surface area contributed by atoms with Crippen LogP contribution in [0.2, 0.25) is 0 Å². The van der Waals surface area contributed by atoms with Gasteiger partial charge in [-0.1, -0.05) is 6.08 Å². The second-order valence-electron chi connectivity index (χ2n) is 5.61. The summed E-state index contributed by atoms with van der Waals surface area (Å²) >= 11 is 0. The van der Waals surface area contributed by atoms with Crippen molar-refractivity contribution < 1.29 is 9.13 Å². The van der Waals surface area contributed by atoms with Gasteiger partial charge in [0.25, 0.3) is 0 Å². The first-order valence-corrected chi connectivity index (χ1v) is 7.52. The van der Waals surface area contributed by atoms with E-state index in [1.165, 1.54) is 5.70 Å². The van der Waals surface area contributed by atoms with Crippen LogP contribution in [-0.2, 0) is 4.74 Å². The average molecular weight is 291 g/mol. The Labute approximate surface area is 125 Å². The van der Waals surface area contributed by atoms with Crippen molar-refractivity contribution in [2.24, 2.45) is 0 Å². The Balaban J connectivity index is 1.58. The number of rotatable bonds is 4. The molecule has 1 saturated heterocycles. The minimum absolute atomic E-state index is 0.171. The molecule has 0 aliphatic carbocycles. The number of halogens is 1. The second-order valence-corrected chi connectivity index (χ2v) is 5.61. The first-order valence-electron chi connectivity index (χ1n) is 7.52. The highest BCUT2D eigenvalue weighted by molar-refractivity contribution is 5.56. The third-order valence-electron chi connectivity index (χ3n) is 3.99. The molecule has 3 rings (SSSR count). The Morgan fingerprint density at radius 1 is 1.38 bits per heavy atom. The fraction of sp³-hybridized carbons (Fsp3) is 0.500. The molecule has 0 saturated carbocycles. The number of anilines is 2. The van der Waals surface area contributed by atoms with Crippen LogP contribution in [0.15, 0.2) is 30.0 Å². The number of nitrogens with one attached hydrogen (secondary N) is 2. The summed E-state index contributed by atoms with van der Waals surface area (Å²) in [5.74, 6) is -0.171. The molecule has 0 radical (unpaired) electrons. The molecule has 2 N–H and O–H groups in total. The molecular formula is C16H22FN3O. The van der Waals surface area contributed by atoms with Crippen molar-refractivity contribution in [1.82, 2.24) is 5.32 Å². The van der Waals surface area contributed by atoms with E-state index in [0.29, 0.717) is 24.9 Å². The summed E-state index contributed by atoms with van der Waals surface area (Å²) in [4.78, 5) is 2.04. The summed E-state index contributed by atoms with van der Waals surface area (Å²) in [5, 5.41) is 6.68. The van der Waals surface area contributed by atoms with Crippen molar-refractivity contribution in [2.75, 3.05) is 43.1 Å². The molecule has 1 aromatic carbocycles. The van der Waals surface area contributed by atoms with Gasteiger partial charge in [0, 0.05) is 37.1 Å². The van der Waals surface area contributed by atoms with Crippen LogP contribution in [0.25, 0.3) is 0 Å². The zero-order valence-corrected chi connectivity index (χ0v) is 12.4. The molecule has 2 heterocycles. The topological polar surface area (TPSA) is 36.5 Å². The van der Waals surface area contributed by atoms with Crippen molar-refractivity contribution in [3.8, 4) is 0 Å². The second kappa shape index (κ2) is 6.35. The van der Waals surface area contributed by atoms with Crippen LogP contribution in [0.4, 0.5) is 15.8 Å². The standard InChI is InChI=1S/C16H22FN3O/c1-12-2-3-14(19-12)11-18-13-4-5-16(15(17)10-13)20-6-8-21-9-7-20/h2,4-5,10,14,18-19H,3,6-9,11H2,1H3. The van der Waals surface area contributed by atoms with E-state index in [1.807, 2.05) is 17.0 Å². The first kappa shape index (κ1) is 14.2. The highest BCUT2D eigenvalue weighted by Gasteiger charge is 2.16. The van der Waals surface area contributed by atoms with E-state index >= 15 is 0 Å². The number of hydrogen-bond acceptors (Lipinski definition) is 4. The van der Waals surface area contributed by atoms with E-state index < -0.39 is 0 Å². The summed E-state index contributed by atoms with van der Waals surface area (Å²) in [6, 6.07) is 5.78. The van der Waals surface area contributed by atoms with Gasteiger partial charge in [0.1, 0.15) is 5.82 Å².